The molecule has 1 fully saturated rings. The zero-order valence-electron chi connectivity index (χ0n) is 13.2. The number of alkyl halides is 3. The molecule has 5 nitrogen and oxygen atoms in total. The van der Waals surface area contributed by atoms with Crippen molar-refractivity contribution >= 4 is 6.03 Å². The molecule has 2 heterocycles. The van der Waals surface area contributed by atoms with E-state index >= 15 is 0 Å². The molecule has 0 atom stereocenters. The van der Waals surface area contributed by atoms with E-state index in [2.05, 4.69) is 10.3 Å². The van der Waals surface area contributed by atoms with Gasteiger partial charge in [-0.25, -0.2) is 9.78 Å². The molecule has 132 valence electrons. The number of hydrogen-bond acceptors (Lipinski definition) is 3. The van der Waals surface area contributed by atoms with Crippen LogP contribution in [0.4, 0.5) is 18.0 Å². The molecule has 2 amide bonds. The van der Waals surface area contributed by atoms with Gasteiger partial charge in [0.05, 0.1) is 13.1 Å². The Labute approximate surface area is 142 Å². The van der Waals surface area contributed by atoms with Crippen LogP contribution in [-0.2, 0) is 12.7 Å². The molecule has 0 bridgehead atoms. The molecule has 2 aromatic rings. The van der Waals surface area contributed by atoms with Crippen molar-refractivity contribution in [3.63, 3.8) is 0 Å². The highest BCUT2D eigenvalue weighted by molar-refractivity contribution is 5.75. The van der Waals surface area contributed by atoms with Crippen LogP contribution in [0.5, 0.6) is 5.88 Å². The highest BCUT2D eigenvalue weighted by Crippen LogP contribution is 2.29. The smallest absolute Gasteiger partial charge is 0.433 e. The number of halogens is 3. The van der Waals surface area contributed by atoms with Crippen LogP contribution in [-0.4, -0.2) is 35.1 Å². The van der Waals surface area contributed by atoms with Crippen LogP contribution >= 0.6 is 0 Å². The summed E-state index contributed by atoms with van der Waals surface area (Å²) in [7, 11) is 0. The van der Waals surface area contributed by atoms with Crippen LogP contribution in [0, 0.1) is 0 Å². The van der Waals surface area contributed by atoms with Crippen LogP contribution in [0.1, 0.15) is 11.3 Å². The Hall–Kier alpha value is -2.77. The molecule has 0 saturated carbocycles. The zero-order chi connectivity index (χ0) is 17.9. The molecule has 1 N–H and O–H groups in total. The van der Waals surface area contributed by atoms with Crippen molar-refractivity contribution in [1.82, 2.24) is 15.2 Å². The van der Waals surface area contributed by atoms with Crippen LogP contribution in [0.2, 0.25) is 0 Å². The first-order chi connectivity index (χ1) is 11.9. The van der Waals surface area contributed by atoms with E-state index in [0.717, 1.165) is 11.6 Å². The van der Waals surface area contributed by atoms with Crippen molar-refractivity contribution < 1.29 is 22.7 Å². The Morgan fingerprint density at radius 2 is 1.88 bits per heavy atom. The quantitative estimate of drug-likeness (QED) is 0.921. The van der Waals surface area contributed by atoms with E-state index in [9.17, 15) is 18.0 Å². The van der Waals surface area contributed by atoms with Gasteiger partial charge in [0, 0.05) is 12.6 Å². The van der Waals surface area contributed by atoms with E-state index in [-0.39, 0.29) is 18.0 Å². The van der Waals surface area contributed by atoms with Gasteiger partial charge in [0.15, 0.2) is 0 Å². The molecule has 8 heteroatoms. The maximum Gasteiger partial charge on any atom is 0.433 e. The van der Waals surface area contributed by atoms with Gasteiger partial charge in [-0.3, -0.25) is 0 Å². The maximum absolute atomic E-state index is 12.6. The first-order valence-corrected chi connectivity index (χ1v) is 7.69. The minimum Gasteiger partial charge on any atom is -0.471 e. The van der Waals surface area contributed by atoms with E-state index in [1.165, 1.54) is 17.0 Å². The lowest BCUT2D eigenvalue weighted by Gasteiger charge is -2.38. The minimum absolute atomic E-state index is 0.0934. The van der Waals surface area contributed by atoms with Crippen LogP contribution < -0.4 is 10.1 Å². The Balaban J connectivity index is 1.46. The predicted octanol–water partition coefficient (Wildman–Crippen LogP) is 3.07. The fourth-order valence-corrected chi connectivity index (χ4v) is 2.37. The van der Waals surface area contributed by atoms with E-state index in [4.69, 9.17) is 4.74 Å². The second-order valence-corrected chi connectivity index (χ2v) is 5.65. The lowest BCUT2D eigenvalue weighted by Crippen LogP contribution is -2.58. The first-order valence-electron chi connectivity index (χ1n) is 7.69. The number of nitrogens with zero attached hydrogens (tertiary/aromatic N) is 2. The number of urea groups is 1. The van der Waals surface area contributed by atoms with Crippen LogP contribution in [0.15, 0.2) is 48.5 Å². The van der Waals surface area contributed by atoms with E-state index in [1.807, 2.05) is 30.3 Å². The SMILES string of the molecule is O=C(NCc1ccccc1)N1CC(Oc2cccc(C(F)(F)F)n2)C1. The summed E-state index contributed by atoms with van der Waals surface area (Å²) in [6.07, 6.45) is -4.87. The zero-order valence-corrected chi connectivity index (χ0v) is 13.2. The third kappa shape index (κ3) is 4.40. The molecule has 1 aliphatic rings. The first kappa shape index (κ1) is 17.1. The Bertz CT molecular complexity index is 731. The summed E-state index contributed by atoms with van der Waals surface area (Å²) in [5.41, 5.74) is -0.0147. The van der Waals surface area contributed by atoms with Gasteiger partial charge in [-0.05, 0) is 11.6 Å². The third-order valence-corrected chi connectivity index (χ3v) is 3.72. The number of pyridine rings is 1. The molecule has 0 radical (unpaired) electrons. The summed E-state index contributed by atoms with van der Waals surface area (Å²) >= 11 is 0. The molecule has 0 aliphatic carbocycles. The summed E-state index contributed by atoms with van der Waals surface area (Å²) in [5, 5.41) is 2.78. The number of nitrogens with one attached hydrogen (secondary N) is 1. The number of amides is 2. The fourth-order valence-electron chi connectivity index (χ4n) is 2.37. The molecule has 3 rings (SSSR count). The van der Waals surface area contributed by atoms with Crippen molar-refractivity contribution in [3.05, 3.63) is 59.8 Å². The highest BCUT2D eigenvalue weighted by Gasteiger charge is 2.35. The Morgan fingerprint density at radius 1 is 1.16 bits per heavy atom. The standard InChI is InChI=1S/C17H16F3N3O2/c18-17(19,20)14-7-4-8-15(22-14)25-13-10-23(11-13)16(24)21-9-12-5-2-1-3-6-12/h1-8,13H,9-11H2,(H,21,24). The second kappa shape index (κ2) is 7.00. The van der Waals surface area contributed by atoms with Crippen molar-refractivity contribution in [2.24, 2.45) is 0 Å². The third-order valence-electron chi connectivity index (χ3n) is 3.72. The Kier molecular flexibility index (Phi) is 4.78. The lowest BCUT2D eigenvalue weighted by atomic mass is 10.2. The van der Waals surface area contributed by atoms with Gasteiger partial charge in [0.2, 0.25) is 5.88 Å². The molecule has 1 aromatic carbocycles. The lowest BCUT2D eigenvalue weighted by molar-refractivity contribution is -0.141. The van der Waals surface area contributed by atoms with Gasteiger partial charge >= 0.3 is 12.2 Å². The maximum atomic E-state index is 12.6. The molecule has 1 aromatic heterocycles. The number of aromatic nitrogens is 1. The fraction of sp³-hybridized carbons (Fsp3) is 0.294. The summed E-state index contributed by atoms with van der Waals surface area (Å²) in [6, 6.07) is 12.7. The average Bonchev–Trinajstić information content (AvgIpc) is 2.56. The van der Waals surface area contributed by atoms with Crippen molar-refractivity contribution in [2.75, 3.05) is 13.1 Å². The van der Waals surface area contributed by atoms with Gasteiger partial charge < -0.3 is 15.0 Å². The summed E-state index contributed by atoms with van der Waals surface area (Å²) < 4.78 is 43.2. The van der Waals surface area contributed by atoms with Gasteiger partial charge in [-0.15, -0.1) is 0 Å². The molecule has 0 unspecified atom stereocenters. The number of ether oxygens (including phenoxy) is 1. The van der Waals surface area contributed by atoms with Gasteiger partial charge in [0.1, 0.15) is 11.8 Å². The topological polar surface area (TPSA) is 54.5 Å². The van der Waals surface area contributed by atoms with Gasteiger partial charge in [-0.2, -0.15) is 13.2 Å². The largest absolute Gasteiger partial charge is 0.471 e. The van der Waals surface area contributed by atoms with E-state index in [0.29, 0.717) is 19.6 Å². The minimum atomic E-state index is -4.51. The number of benzene rings is 1. The molecular weight excluding hydrogens is 335 g/mol. The number of hydrogen-bond donors (Lipinski definition) is 1. The van der Waals surface area contributed by atoms with Gasteiger partial charge in [0.25, 0.3) is 0 Å². The predicted molar refractivity (Wildman–Crippen MR) is 83.9 cm³/mol. The number of likely N-dealkylation sites (tertiary alicyclic amines) is 1. The number of carbonyl (C=O) groups excluding carboxylic acids is 1. The number of carbonyl (C=O) groups is 1. The van der Waals surface area contributed by atoms with Crippen LogP contribution in [0.3, 0.4) is 0 Å². The molecule has 0 spiro atoms. The normalized spacial score (nSPS) is 14.8. The van der Waals surface area contributed by atoms with Crippen LogP contribution in [0.25, 0.3) is 0 Å². The second-order valence-electron chi connectivity index (χ2n) is 5.65. The number of rotatable bonds is 4. The monoisotopic (exact) mass is 351 g/mol. The summed E-state index contributed by atoms with van der Waals surface area (Å²) in [6.45, 7) is 1.02. The van der Waals surface area contributed by atoms with Crippen molar-refractivity contribution in [2.45, 2.75) is 18.8 Å². The Morgan fingerprint density at radius 3 is 2.56 bits per heavy atom. The molecule has 1 aliphatic heterocycles. The van der Waals surface area contributed by atoms with Crippen molar-refractivity contribution in [1.29, 1.82) is 0 Å². The van der Waals surface area contributed by atoms with Gasteiger partial charge in [-0.1, -0.05) is 36.4 Å². The van der Waals surface area contributed by atoms with Crippen molar-refractivity contribution in [3.8, 4) is 5.88 Å². The van der Waals surface area contributed by atoms with E-state index in [1.54, 1.807) is 0 Å². The molecule has 1 saturated heterocycles. The summed E-state index contributed by atoms with van der Waals surface area (Å²) in [5.74, 6) is -0.0934. The van der Waals surface area contributed by atoms with E-state index < -0.39 is 11.9 Å². The summed E-state index contributed by atoms with van der Waals surface area (Å²) in [4.78, 5) is 17.0. The molecular formula is C17H16F3N3O2. The molecule has 25 heavy (non-hydrogen) atoms. The highest BCUT2D eigenvalue weighted by atomic mass is 19.4. The average molecular weight is 351 g/mol.